The van der Waals surface area contributed by atoms with Crippen LogP contribution in [0.25, 0.3) is 0 Å². The highest BCUT2D eigenvalue weighted by Gasteiger charge is 2.34. The summed E-state index contributed by atoms with van der Waals surface area (Å²) >= 11 is 0. The van der Waals surface area contributed by atoms with Crippen LogP contribution in [0.3, 0.4) is 0 Å². The van der Waals surface area contributed by atoms with Gasteiger partial charge in [0.25, 0.3) is 0 Å². The second kappa shape index (κ2) is 5.90. The van der Waals surface area contributed by atoms with Crippen molar-refractivity contribution in [2.75, 3.05) is 13.2 Å². The molecule has 1 unspecified atom stereocenters. The van der Waals surface area contributed by atoms with Crippen molar-refractivity contribution in [3.8, 4) is 0 Å². The SMILES string of the molecule is CC1(NC(=O)C2CCC(C(=O)O)CC2)CCCOC1. The van der Waals surface area contributed by atoms with Crippen LogP contribution in [0.15, 0.2) is 0 Å². The highest BCUT2D eigenvalue weighted by molar-refractivity contribution is 5.80. The maximum atomic E-state index is 12.2. The van der Waals surface area contributed by atoms with Crippen LogP contribution < -0.4 is 5.32 Å². The van der Waals surface area contributed by atoms with Gasteiger partial charge in [0, 0.05) is 12.5 Å². The average Bonchev–Trinajstić information content (AvgIpc) is 2.39. The number of carbonyl (C=O) groups is 2. The van der Waals surface area contributed by atoms with Crippen LogP contribution in [0.4, 0.5) is 0 Å². The second-order valence-corrected chi connectivity index (χ2v) is 6.09. The van der Waals surface area contributed by atoms with E-state index >= 15 is 0 Å². The fraction of sp³-hybridized carbons (Fsp3) is 0.857. The average molecular weight is 269 g/mol. The Morgan fingerprint density at radius 1 is 1.21 bits per heavy atom. The Hall–Kier alpha value is -1.10. The van der Waals surface area contributed by atoms with Gasteiger partial charge in [0.2, 0.25) is 5.91 Å². The summed E-state index contributed by atoms with van der Waals surface area (Å²) in [4.78, 5) is 23.1. The van der Waals surface area contributed by atoms with Gasteiger partial charge in [-0.05, 0) is 45.4 Å². The highest BCUT2D eigenvalue weighted by Crippen LogP contribution is 2.30. The maximum absolute atomic E-state index is 12.2. The number of hydrogen-bond donors (Lipinski definition) is 2. The fourth-order valence-electron chi connectivity index (χ4n) is 3.03. The Labute approximate surface area is 113 Å². The van der Waals surface area contributed by atoms with Gasteiger partial charge < -0.3 is 15.2 Å². The van der Waals surface area contributed by atoms with E-state index in [0.717, 1.165) is 19.4 Å². The molecule has 1 amide bonds. The summed E-state index contributed by atoms with van der Waals surface area (Å²) < 4.78 is 5.43. The summed E-state index contributed by atoms with van der Waals surface area (Å²) in [6.07, 6.45) is 4.51. The Morgan fingerprint density at radius 2 is 1.84 bits per heavy atom. The van der Waals surface area contributed by atoms with Crippen LogP contribution in [-0.4, -0.2) is 35.7 Å². The summed E-state index contributed by atoms with van der Waals surface area (Å²) in [5.74, 6) is -0.963. The van der Waals surface area contributed by atoms with Gasteiger partial charge in [-0.15, -0.1) is 0 Å². The summed E-state index contributed by atoms with van der Waals surface area (Å²) in [7, 11) is 0. The molecule has 0 aromatic carbocycles. The van der Waals surface area contributed by atoms with Gasteiger partial charge in [0.1, 0.15) is 0 Å². The molecule has 5 nitrogen and oxygen atoms in total. The number of ether oxygens (including phenoxy) is 1. The molecule has 1 heterocycles. The molecule has 0 bridgehead atoms. The monoisotopic (exact) mass is 269 g/mol. The molecule has 0 radical (unpaired) electrons. The van der Waals surface area contributed by atoms with Crippen LogP contribution in [0.1, 0.15) is 45.4 Å². The molecule has 1 atom stereocenters. The molecular weight excluding hydrogens is 246 g/mol. The van der Waals surface area contributed by atoms with Crippen LogP contribution in [0.5, 0.6) is 0 Å². The molecule has 0 aromatic heterocycles. The quantitative estimate of drug-likeness (QED) is 0.815. The van der Waals surface area contributed by atoms with E-state index in [1.54, 1.807) is 0 Å². The molecule has 2 fully saturated rings. The number of hydrogen-bond acceptors (Lipinski definition) is 3. The number of carboxylic acid groups (broad SMARTS) is 1. The van der Waals surface area contributed by atoms with Crippen molar-refractivity contribution in [2.24, 2.45) is 11.8 Å². The first-order valence-electron chi connectivity index (χ1n) is 7.13. The third-order valence-electron chi connectivity index (χ3n) is 4.31. The summed E-state index contributed by atoms with van der Waals surface area (Å²) in [6.45, 7) is 3.37. The van der Waals surface area contributed by atoms with Gasteiger partial charge in [0.05, 0.1) is 18.1 Å². The molecule has 2 rings (SSSR count). The van der Waals surface area contributed by atoms with Gasteiger partial charge >= 0.3 is 5.97 Å². The molecule has 1 saturated carbocycles. The molecule has 2 aliphatic rings. The molecule has 108 valence electrons. The van der Waals surface area contributed by atoms with Gasteiger partial charge in [-0.3, -0.25) is 9.59 Å². The minimum atomic E-state index is -0.730. The third-order valence-corrected chi connectivity index (χ3v) is 4.31. The van der Waals surface area contributed by atoms with Crippen molar-refractivity contribution in [1.29, 1.82) is 0 Å². The van der Waals surface area contributed by atoms with E-state index in [1.807, 2.05) is 6.92 Å². The number of aliphatic carboxylic acids is 1. The molecule has 19 heavy (non-hydrogen) atoms. The standard InChI is InChI=1S/C14H23NO4/c1-14(7-2-8-19-9-14)15-12(16)10-3-5-11(6-4-10)13(17)18/h10-11H,2-9H2,1H3,(H,15,16)(H,17,18). The first kappa shape index (κ1) is 14.3. The molecule has 1 aliphatic carbocycles. The summed E-state index contributed by atoms with van der Waals surface area (Å²) in [5, 5.41) is 12.0. The van der Waals surface area contributed by atoms with Gasteiger partial charge in [0.15, 0.2) is 0 Å². The number of amides is 1. The lowest BCUT2D eigenvalue weighted by Crippen LogP contribution is -2.53. The first-order chi connectivity index (χ1) is 9.00. The van der Waals surface area contributed by atoms with Crippen LogP contribution in [0.2, 0.25) is 0 Å². The zero-order valence-electron chi connectivity index (χ0n) is 11.5. The van der Waals surface area contributed by atoms with E-state index in [0.29, 0.717) is 32.3 Å². The number of carbonyl (C=O) groups excluding carboxylic acids is 1. The Bertz CT molecular complexity index is 341. The van der Waals surface area contributed by atoms with Crippen molar-refractivity contribution in [1.82, 2.24) is 5.32 Å². The third kappa shape index (κ3) is 3.69. The fourth-order valence-corrected chi connectivity index (χ4v) is 3.03. The Kier molecular flexibility index (Phi) is 4.45. The normalized spacial score (nSPS) is 35.6. The molecule has 1 saturated heterocycles. The molecule has 2 N–H and O–H groups in total. The number of rotatable bonds is 3. The van der Waals surface area contributed by atoms with Crippen LogP contribution in [0, 0.1) is 11.8 Å². The molecule has 0 aromatic rings. The van der Waals surface area contributed by atoms with E-state index in [1.165, 1.54) is 0 Å². The smallest absolute Gasteiger partial charge is 0.306 e. The van der Waals surface area contributed by atoms with E-state index in [9.17, 15) is 9.59 Å². The minimum absolute atomic E-state index is 0.0330. The summed E-state index contributed by atoms with van der Waals surface area (Å²) in [6, 6.07) is 0. The van der Waals surface area contributed by atoms with Gasteiger partial charge in [-0.2, -0.15) is 0 Å². The second-order valence-electron chi connectivity index (χ2n) is 6.09. The zero-order valence-corrected chi connectivity index (χ0v) is 11.5. The largest absolute Gasteiger partial charge is 0.481 e. The van der Waals surface area contributed by atoms with E-state index < -0.39 is 5.97 Å². The Morgan fingerprint density at radius 3 is 2.37 bits per heavy atom. The summed E-state index contributed by atoms with van der Waals surface area (Å²) in [5.41, 5.74) is -0.251. The number of carboxylic acids is 1. The molecule has 0 spiro atoms. The van der Waals surface area contributed by atoms with E-state index in [-0.39, 0.29) is 23.3 Å². The topological polar surface area (TPSA) is 75.6 Å². The van der Waals surface area contributed by atoms with Crippen LogP contribution in [-0.2, 0) is 14.3 Å². The molecule has 1 aliphatic heterocycles. The lowest BCUT2D eigenvalue weighted by atomic mass is 9.81. The molecule has 5 heteroatoms. The van der Waals surface area contributed by atoms with Crippen molar-refractivity contribution < 1.29 is 19.4 Å². The molecular formula is C14H23NO4. The Balaban J connectivity index is 1.82. The maximum Gasteiger partial charge on any atom is 0.306 e. The predicted octanol–water partition coefficient (Wildman–Crippen LogP) is 1.56. The zero-order chi connectivity index (χ0) is 13.9. The highest BCUT2D eigenvalue weighted by atomic mass is 16.5. The lowest BCUT2D eigenvalue weighted by Gasteiger charge is -2.36. The van der Waals surface area contributed by atoms with E-state index in [2.05, 4.69) is 5.32 Å². The first-order valence-corrected chi connectivity index (χ1v) is 7.13. The van der Waals surface area contributed by atoms with Gasteiger partial charge in [-0.1, -0.05) is 0 Å². The predicted molar refractivity (Wildman–Crippen MR) is 69.7 cm³/mol. The van der Waals surface area contributed by atoms with Crippen LogP contribution >= 0.6 is 0 Å². The van der Waals surface area contributed by atoms with Crippen molar-refractivity contribution >= 4 is 11.9 Å². The van der Waals surface area contributed by atoms with Crippen molar-refractivity contribution in [3.63, 3.8) is 0 Å². The van der Waals surface area contributed by atoms with Gasteiger partial charge in [-0.25, -0.2) is 0 Å². The van der Waals surface area contributed by atoms with E-state index in [4.69, 9.17) is 9.84 Å². The van der Waals surface area contributed by atoms with Crippen molar-refractivity contribution in [2.45, 2.75) is 51.0 Å². The van der Waals surface area contributed by atoms with Crippen molar-refractivity contribution in [3.05, 3.63) is 0 Å². The number of nitrogens with one attached hydrogen (secondary N) is 1. The minimum Gasteiger partial charge on any atom is -0.481 e. The lowest BCUT2D eigenvalue weighted by molar-refractivity contribution is -0.144.